The first-order chi connectivity index (χ1) is 10.5. The zero-order chi connectivity index (χ0) is 15.4. The average molecular weight is 367 g/mol. The summed E-state index contributed by atoms with van der Waals surface area (Å²) in [5.74, 6) is 0.990. The minimum atomic E-state index is -0.420. The van der Waals surface area contributed by atoms with E-state index in [9.17, 15) is 9.59 Å². The SMILES string of the molecule is O=C(NNC(=O)C12C[C@@H]3C[C@@H](CC(Br)(C3)C1)C2)c1ccco1. The predicted octanol–water partition coefficient (Wildman–Crippen LogP) is 2.77. The number of rotatable bonds is 2. The van der Waals surface area contributed by atoms with Gasteiger partial charge in [0, 0.05) is 4.32 Å². The number of carbonyl (C=O) groups is 2. The summed E-state index contributed by atoms with van der Waals surface area (Å²) >= 11 is 3.89. The molecule has 4 atom stereocenters. The molecule has 5 nitrogen and oxygen atoms in total. The Morgan fingerprint density at radius 3 is 2.50 bits per heavy atom. The van der Waals surface area contributed by atoms with E-state index >= 15 is 0 Å². The summed E-state index contributed by atoms with van der Waals surface area (Å²) in [6, 6.07) is 3.21. The molecule has 1 heterocycles. The van der Waals surface area contributed by atoms with Crippen molar-refractivity contribution in [2.45, 2.75) is 42.8 Å². The highest BCUT2D eigenvalue weighted by Gasteiger charge is 2.59. The van der Waals surface area contributed by atoms with Crippen LogP contribution < -0.4 is 10.9 Å². The Bertz CT molecular complexity index is 599. The van der Waals surface area contributed by atoms with E-state index in [2.05, 4.69) is 26.8 Å². The van der Waals surface area contributed by atoms with Gasteiger partial charge in [-0.3, -0.25) is 20.4 Å². The third-order valence-electron chi connectivity index (χ3n) is 5.51. The molecular formula is C16H19BrN2O3. The topological polar surface area (TPSA) is 71.3 Å². The van der Waals surface area contributed by atoms with E-state index in [4.69, 9.17) is 4.42 Å². The second-order valence-corrected chi connectivity index (χ2v) is 8.96. The average Bonchev–Trinajstić information content (AvgIpc) is 2.95. The highest BCUT2D eigenvalue weighted by molar-refractivity contribution is 9.10. The van der Waals surface area contributed by atoms with Crippen LogP contribution in [-0.2, 0) is 4.79 Å². The lowest BCUT2D eigenvalue weighted by Gasteiger charge is -2.59. The summed E-state index contributed by atoms with van der Waals surface area (Å²) in [6.45, 7) is 0. The lowest BCUT2D eigenvalue weighted by Crippen LogP contribution is -2.60. The summed E-state index contributed by atoms with van der Waals surface area (Å²) in [4.78, 5) is 24.6. The summed E-state index contributed by atoms with van der Waals surface area (Å²) in [5, 5.41) is 0. The van der Waals surface area contributed by atoms with Gasteiger partial charge in [0.2, 0.25) is 5.91 Å². The number of carbonyl (C=O) groups excluding carboxylic acids is 2. The van der Waals surface area contributed by atoms with Crippen molar-refractivity contribution in [3.05, 3.63) is 24.2 Å². The number of hydrogen-bond donors (Lipinski definition) is 2. The van der Waals surface area contributed by atoms with Crippen molar-refractivity contribution in [1.82, 2.24) is 10.9 Å². The summed E-state index contributed by atoms with van der Waals surface area (Å²) in [7, 11) is 0. The van der Waals surface area contributed by atoms with Crippen molar-refractivity contribution < 1.29 is 14.0 Å². The van der Waals surface area contributed by atoms with E-state index in [0.29, 0.717) is 11.8 Å². The van der Waals surface area contributed by atoms with E-state index in [1.165, 1.54) is 25.5 Å². The second-order valence-electron chi connectivity index (χ2n) is 7.28. The van der Waals surface area contributed by atoms with E-state index in [1.54, 1.807) is 12.1 Å². The Morgan fingerprint density at radius 1 is 1.18 bits per heavy atom. The van der Waals surface area contributed by atoms with Gasteiger partial charge in [-0.25, -0.2) is 0 Å². The van der Waals surface area contributed by atoms with Crippen LogP contribution in [0.5, 0.6) is 0 Å². The van der Waals surface area contributed by atoms with Crippen LogP contribution in [0.1, 0.15) is 49.1 Å². The van der Waals surface area contributed by atoms with Crippen LogP contribution in [0, 0.1) is 17.3 Å². The molecule has 0 spiro atoms. The smallest absolute Gasteiger partial charge is 0.305 e. The number of alkyl halides is 1. The third kappa shape index (κ3) is 2.28. The van der Waals surface area contributed by atoms with Crippen LogP contribution in [0.25, 0.3) is 0 Å². The van der Waals surface area contributed by atoms with Gasteiger partial charge < -0.3 is 4.42 Å². The quantitative estimate of drug-likeness (QED) is 0.624. The van der Waals surface area contributed by atoms with Gasteiger partial charge in [-0.2, -0.15) is 0 Å². The summed E-state index contributed by atoms with van der Waals surface area (Å²) in [5.41, 5.74) is 4.77. The monoisotopic (exact) mass is 366 g/mol. The number of hydrazine groups is 1. The van der Waals surface area contributed by atoms with Gasteiger partial charge in [0.1, 0.15) is 0 Å². The standard InChI is InChI=1S/C16H19BrN2O3/c17-16-7-10-4-11(8-16)6-15(5-10,9-16)14(21)19-18-13(20)12-2-1-3-22-12/h1-3,10-11H,4-9H2,(H,18,20)(H,19,21)/t10-,11+,15?,16?. The molecule has 5 rings (SSSR count). The summed E-state index contributed by atoms with van der Waals surface area (Å²) in [6.07, 6.45) is 7.80. The van der Waals surface area contributed by atoms with Gasteiger partial charge in [-0.1, -0.05) is 15.9 Å². The number of furan rings is 1. The minimum Gasteiger partial charge on any atom is -0.459 e. The fourth-order valence-electron chi connectivity index (χ4n) is 5.13. The molecule has 2 N–H and O–H groups in total. The highest BCUT2D eigenvalue weighted by Crippen LogP contribution is 2.64. The van der Waals surface area contributed by atoms with Gasteiger partial charge in [-0.15, -0.1) is 0 Å². The molecule has 6 heteroatoms. The number of amides is 2. The molecule has 0 aliphatic heterocycles. The molecule has 2 unspecified atom stereocenters. The number of nitrogens with one attached hydrogen (secondary N) is 2. The molecule has 4 saturated carbocycles. The third-order valence-corrected chi connectivity index (χ3v) is 6.43. The second kappa shape index (κ2) is 4.85. The molecule has 4 aliphatic rings. The Balaban J connectivity index is 1.45. The number of halogens is 1. The molecule has 1 aromatic heterocycles. The fraction of sp³-hybridized carbons (Fsp3) is 0.625. The van der Waals surface area contributed by atoms with E-state index in [0.717, 1.165) is 19.3 Å². The van der Waals surface area contributed by atoms with Crippen LogP contribution in [0.3, 0.4) is 0 Å². The van der Waals surface area contributed by atoms with Gasteiger partial charge in [0.05, 0.1) is 11.7 Å². The van der Waals surface area contributed by atoms with Crippen molar-refractivity contribution in [1.29, 1.82) is 0 Å². The number of hydrogen-bond acceptors (Lipinski definition) is 3. The van der Waals surface area contributed by atoms with Gasteiger partial charge in [0.25, 0.3) is 0 Å². The van der Waals surface area contributed by atoms with Crippen molar-refractivity contribution in [2.24, 2.45) is 17.3 Å². The Hall–Kier alpha value is -1.30. The maximum Gasteiger partial charge on any atom is 0.305 e. The molecule has 4 bridgehead atoms. The van der Waals surface area contributed by atoms with Crippen molar-refractivity contribution >= 4 is 27.7 Å². The van der Waals surface area contributed by atoms with Crippen molar-refractivity contribution in [2.75, 3.05) is 0 Å². The molecule has 22 heavy (non-hydrogen) atoms. The molecule has 4 fully saturated rings. The van der Waals surface area contributed by atoms with E-state index in [-0.39, 0.29) is 21.4 Å². The van der Waals surface area contributed by atoms with Gasteiger partial charge in [-0.05, 0) is 62.5 Å². The molecule has 1 aromatic rings. The summed E-state index contributed by atoms with van der Waals surface area (Å²) < 4.78 is 5.15. The molecular weight excluding hydrogens is 348 g/mol. The minimum absolute atomic E-state index is 0.0506. The molecule has 4 aliphatic carbocycles. The molecule has 118 valence electrons. The zero-order valence-corrected chi connectivity index (χ0v) is 13.8. The fourth-order valence-corrected chi connectivity index (χ4v) is 6.58. The van der Waals surface area contributed by atoms with E-state index < -0.39 is 5.91 Å². The van der Waals surface area contributed by atoms with Crippen LogP contribution in [-0.4, -0.2) is 16.1 Å². The molecule has 0 radical (unpaired) electrons. The Labute approximate surface area is 137 Å². The predicted molar refractivity (Wildman–Crippen MR) is 83.1 cm³/mol. The molecule has 2 amide bonds. The van der Waals surface area contributed by atoms with E-state index in [1.807, 2.05) is 0 Å². The largest absolute Gasteiger partial charge is 0.459 e. The highest BCUT2D eigenvalue weighted by atomic mass is 79.9. The van der Waals surface area contributed by atoms with Crippen LogP contribution in [0.2, 0.25) is 0 Å². The lowest BCUT2D eigenvalue weighted by atomic mass is 9.49. The van der Waals surface area contributed by atoms with Gasteiger partial charge in [0.15, 0.2) is 5.76 Å². The van der Waals surface area contributed by atoms with Crippen molar-refractivity contribution in [3.8, 4) is 0 Å². The first-order valence-corrected chi connectivity index (χ1v) is 8.61. The van der Waals surface area contributed by atoms with Gasteiger partial charge >= 0.3 is 5.91 Å². The Kier molecular flexibility index (Phi) is 3.15. The normalized spacial score (nSPS) is 38.8. The zero-order valence-electron chi connectivity index (χ0n) is 12.2. The van der Waals surface area contributed by atoms with Crippen LogP contribution in [0.4, 0.5) is 0 Å². The van der Waals surface area contributed by atoms with Crippen molar-refractivity contribution in [3.63, 3.8) is 0 Å². The lowest BCUT2D eigenvalue weighted by molar-refractivity contribution is -0.144. The van der Waals surface area contributed by atoms with Crippen LogP contribution in [0.15, 0.2) is 22.8 Å². The maximum absolute atomic E-state index is 12.7. The molecule has 0 saturated heterocycles. The Morgan fingerprint density at radius 2 is 1.91 bits per heavy atom. The maximum atomic E-state index is 12.7. The molecule has 0 aromatic carbocycles. The van der Waals surface area contributed by atoms with Crippen LogP contribution >= 0.6 is 15.9 Å². The first kappa shape index (κ1) is 14.3. The first-order valence-electron chi connectivity index (χ1n) is 7.81.